The van der Waals surface area contributed by atoms with Crippen molar-refractivity contribution in [3.63, 3.8) is 0 Å². The zero-order valence-electron chi connectivity index (χ0n) is 15.8. The van der Waals surface area contributed by atoms with Gasteiger partial charge < -0.3 is 5.32 Å². The van der Waals surface area contributed by atoms with Gasteiger partial charge >= 0.3 is 0 Å². The number of rotatable bonds is 5. The molecule has 2 N–H and O–H groups in total. The number of hydrogen-bond donors (Lipinski definition) is 2. The Hall–Kier alpha value is -3.85. The second-order valence-corrected chi connectivity index (χ2v) is 7.22. The second-order valence-electron chi connectivity index (χ2n) is 6.37. The van der Waals surface area contributed by atoms with Crippen molar-refractivity contribution in [2.45, 2.75) is 6.92 Å². The standard InChI is InChI=1S/C21H16FN5O2S/c1-13(28)24-15-5-8-17(18(22)11-15)19-12-30-21(25-19)26-20(29)14-3-6-16(7-4-14)27-10-2-9-23-27/h2-12H,1H3,(H,24,28)(H,25,26,29). The van der Waals surface area contributed by atoms with Crippen LogP contribution in [-0.4, -0.2) is 26.6 Å². The molecule has 30 heavy (non-hydrogen) atoms. The molecule has 4 aromatic rings. The number of hydrogen-bond acceptors (Lipinski definition) is 5. The van der Waals surface area contributed by atoms with E-state index >= 15 is 0 Å². The molecule has 2 aromatic heterocycles. The second kappa shape index (κ2) is 8.26. The topological polar surface area (TPSA) is 88.9 Å². The highest BCUT2D eigenvalue weighted by Crippen LogP contribution is 2.29. The molecular formula is C21H16FN5O2S. The van der Waals surface area contributed by atoms with Crippen LogP contribution in [0.1, 0.15) is 17.3 Å². The summed E-state index contributed by atoms with van der Waals surface area (Å²) in [4.78, 5) is 27.9. The lowest BCUT2D eigenvalue weighted by Gasteiger charge is -2.05. The first-order valence-corrected chi connectivity index (χ1v) is 9.82. The van der Waals surface area contributed by atoms with E-state index in [0.29, 0.717) is 22.1 Å². The highest BCUT2D eigenvalue weighted by Gasteiger charge is 2.13. The number of nitrogens with one attached hydrogen (secondary N) is 2. The molecule has 150 valence electrons. The number of halogens is 1. The molecule has 0 saturated carbocycles. The minimum Gasteiger partial charge on any atom is -0.326 e. The van der Waals surface area contributed by atoms with Crippen molar-refractivity contribution in [2.75, 3.05) is 10.6 Å². The SMILES string of the molecule is CC(=O)Nc1ccc(-c2csc(NC(=O)c3ccc(-n4cccn4)cc3)n2)c(F)c1. The maximum Gasteiger partial charge on any atom is 0.257 e. The first-order valence-electron chi connectivity index (χ1n) is 8.94. The predicted octanol–water partition coefficient (Wildman–Crippen LogP) is 4.35. The summed E-state index contributed by atoms with van der Waals surface area (Å²) < 4.78 is 16.1. The highest BCUT2D eigenvalue weighted by molar-refractivity contribution is 7.14. The van der Waals surface area contributed by atoms with Crippen molar-refractivity contribution < 1.29 is 14.0 Å². The summed E-state index contributed by atoms with van der Waals surface area (Å²) >= 11 is 1.20. The van der Waals surface area contributed by atoms with Gasteiger partial charge in [-0.3, -0.25) is 14.9 Å². The molecule has 7 nitrogen and oxygen atoms in total. The average molecular weight is 421 g/mol. The number of anilines is 2. The molecule has 4 rings (SSSR count). The fourth-order valence-electron chi connectivity index (χ4n) is 2.82. The molecule has 0 aliphatic rings. The largest absolute Gasteiger partial charge is 0.326 e. The van der Waals surface area contributed by atoms with E-state index in [1.807, 2.05) is 12.3 Å². The Morgan fingerprint density at radius 1 is 1.10 bits per heavy atom. The molecule has 0 bridgehead atoms. The van der Waals surface area contributed by atoms with Crippen LogP contribution in [0.2, 0.25) is 0 Å². The van der Waals surface area contributed by atoms with Crippen molar-refractivity contribution in [1.82, 2.24) is 14.8 Å². The molecule has 0 aliphatic heterocycles. The van der Waals surface area contributed by atoms with Crippen LogP contribution in [0.3, 0.4) is 0 Å². The number of benzene rings is 2. The molecule has 0 unspecified atom stereocenters. The molecule has 0 saturated heterocycles. The Bertz CT molecular complexity index is 1200. The maximum absolute atomic E-state index is 14.4. The van der Waals surface area contributed by atoms with Gasteiger partial charge in [0.2, 0.25) is 5.91 Å². The Labute approximate surface area is 175 Å². The Morgan fingerprint density at radius 3 is 2.57 bits per heavy atom. The fourth-order valence-corrected chi connectivity index (χ4v) is 3.52. The van der Waals surface area contributed by atoms with E-state index in [4.69, 9.17) is 0 Å². The van der Waals surface area contributed by atoms with Gasteiger partial charge in [-0.25, -0.2) is 14.1 Å². The predicted molar refractivity (Wildman–Crippen MR) is 113 cm³/mol. The minimum atomic E-state index is -0.515. The van der Waals surface area contributed by atoms with E-state index < -0.39 is 5.82 Å². The Balaban J connectivity index is 1.47. The number of thiazole rings is 1. The molecule has 0 aliphatic carbocycles. The van der Waals surface area contributed by atoms with E-state index in [1.54, 1.807) is 46.6 Å². The molecule has 0 spiro atoms. The fraction of sp³-hybridized carbons (Fsp3) is 0.0476. The van der Waals surface area contributed by atoms with E-state index in [1.165, 1.54) is 30.4 Å². The summed E-state index contributed by atoms with van der Waals surface area (Å²) in [6.45, 7) is 1.35. The minimum absolute atomic E-state index is 0.279. The van der Waals surface area contributed by atoms with Gasteiger partial charge in [0.25, 0.3) is 5.91 Å². The Morgan fingerprint density at radius 2 is 1.90 bits per heavy atom. The van der Waals surface area contributed by atoms with Crippen LogP contribution in [0.15, 0.2) is 66.3 Å². The number of aromatic nitrogens is 3. The lowest BCUT2D eigenvalue weighted by Crippen LogP contribution is -2.11. The monoisotopic (exact) mass is 421 g/mol. The van der Waals surface area contributed by atoms with Crippen molar-refractivity contribution in [3.8, 4) is 16.9 Å². The molecule has 2 heterocycles. The smallest absolute Gasteiger partial charge is 0.257 e. The van der Waals surface area contributed by atoms with Gasteiger partial charge in [-0.15, -0.1) is 11.3 Å². The molecule has 2 aromatic carbocycles. The lowest BCUT2D eigenvalue weighted by atomic mass is 10.1. The Kier molecular flexibility index (Phi) is 5.36. The van der Waals surface area contributed by atoms with Gasteiger partial charge in [0, 0.05) is 41.5 Å². The number of carbonyl (C=O) groups is 2. The first kappa shape index (κ1) is 19.5. The van der Waals surface area contributed by atoms with Crippen molar-refractivity contribution in [2.24, 2.45) is 0 Å². The maximum atomic E-state index is 14.4. The highest BCUT2D eigenvalue weighted by atomic mass is 32.1. The van der Waals surface area contributed by atoms with Crippen LogP contribution < -0.4 is 10.6 Å². The number of carbonyl (C=O) groups excluding carboxylic acids is 2. The molecule has 0 fully saturated rings. The van der Waals surface area contributed by atoms with Crippen LogP contribution in [0, 0.1) is 5.82 Å². The van der Waals surface area contributed by atoms with E-state index in [2.05, 4.69) is 20.7 Å². The van der Waals surface area contributed by atoms with Gasteiger partial charge in [-0.05, 0) is 48.5 Å². The normalized spacial score (nSPS) is 10.6. The van der Waals surface area contributed by atoms with Gasteiger partial charge in [-0.2, -0.15) is 5.10 Å². The van der Waals surface area contributed by atoms with Crippen LogP contribution >= 0.6 is 11.3 Å². The zero-order valence-corrected chi connectivity index (χ0v) is 16.6. The molecular weight excluding hydrogens is 405 g/mol. The van der Waals surface area contributed by atoms with Gasteiger partial charge in [0.15, 0.2) is 5.13 Å². The third kappa shape index (κ3) is 4.26. The average Bonchev–Trinajstić information content (AvgIpc) is 3.40. The van der Waals surface area contributed by atoms with Crippen LogP contribution in [0.4, 0.5) is 15.2 Å². The van der Waals surface area contributed by atoms with E-state index in [0.717, 1.165) is 5.69 Å². The summed E-state index contributed by atoms with van der Waals surface area (Å²) in [7, 11) is 0. The van der Waals surface area contributed by atoms with Gasteiger partial charge in [0.1, 0.15) is 5.82 Å². The summed E-state index contributed by atoms with van der Waals surface area (Å²) in [5.41, 5.74) is 2.35. The number of amides is 2. The summed E-state index contributed by atoms with van der Waals surface area (Å²) in [5, 5.41) is 11.4. The third-order valence-electron chi connectivity index (χ3n) is 4.19. The summed E-state index contributed by atoms with van der Waals surface area (Å²) in [6, 6.07) is 13.2. The van der Waals surface area contributed by atoms with Crippen LogP contribution in [0.25, 0.3) is 16.9 Å². The van der Waals surface area contributed by atoms with Crippen molar-refractivity contribution in [3.05, 3.63) is 77.7 Å². The van der Waals surface area contributed by atoms with Crippen molar-refractivity contribution in [1.29, 1.82) is 0 Å². The van der Waals surface area contributed by atoms with Gasteiger partial charge in [0.05, 0.1) is 11.4 Å². The van der Waals surface area contributed by atoms with Crippen LogP contribution in [0.5, 0.6) is 0 Å². The van der Waals surface area contributed by atoms with Crippen LogP contribution in [-0.2, 0) is 4.79 Å². The van der Waals surface area contributed by atoms with Gasteiger partial charge in [-0.1, -0.05) is 0 Å². The van der Waals surface area contributed by atoms with E-state index in [9.17, 15) is 14.0 Å². The molecule has 0 atom stereocenters. The first-order chi connectivity index (χ1) is 14.5. The summed E-state index contributed by atoms with van der Waals surface area (Å²) in [5.74, 6) is -1.11. The zero-order chi connectivity index (χ0) is 21.1. The third-order valence-corrected chi connectivity index (χ3v) is 4.95. The quantitative estimate of drug-likeness (QED) is 0.502. The van der Waals surface area contributed by atoms with Crippen molar-refractivity contribution >= 4 is 34.0 Å². The molecule has 0 radical (unpaired) electrons. The molecule has 9 heteroatoms. The summed E-state index contributed by atoms with van der Waals surface area (Å²) in [6.07, 6.45) is 3.49. The number of nitrogens with zero attached hydrogens (tertiary/aromatic N) is 3. The lowest BCUT2D eigenvalue weighted by molar-refractivity contribution is -0.114. The molecule has 2 amide bonds. The van der Waals surface area contributed by atoms with E-state index in [-0.39, 0.29) is 17.4 Å².